The molecular weight excluding hydrogens is 1400 g/mol. The van der Waals surface area contributed by atoms with Crippen LogP contribution in [0.1, 0.15) is 83.4 Å². The molecule has 524 valence electrons. The number of unbranched alkanes of at least 4 members (excludes halogenated alkanes) is 1. The van der Waals surface area contributed by atoms with E-state index in [1.54, 1.807) is 73.8 Å². The van der Waals surface area contributed by atoms with Gasteiger partial charge in [-0.3, -0.25) is 48.1 Å². The number of phenolic OH excluding ortho intramolecular Hbond substituents is 1. The topological polar surface area (TPSA) is 449 Å². The molecule has 4 aromatic rings. The van der Waals surface area contributed by atoms with Crippen LogP contribution in [0.5, 0.6) is 5.75 Å². The fraction of sp³-hybridized carbons (Fsp3) is 0.538. The molecule has 31 heteroatoms. The summed E-state index contributed by atoms with van der Waals surface area (Å²) in [4.78, 5) is 138. The van der Waals surface area contributed by atoms with Gasteiger partial charge in [-0.1, -0.05) is 90.0 Å². The van der Waals surface area contributed by atoms with Crippen molar-refractivity contribution in [2.45, 2.75) is 171 Å². The predicted molar refractivity (Wildman–Crippen MR) is 365 cm³/mol. The Balaban J connectivity index is 1.28. The van der Waals surface area contributed by atoms with Crippen molar-refractivity contribution in [1.29, 1.82) is 0 Å². The number of aliphatic imine (C=N–C) groups is 1. The molecule has 2 saturated heterocycles. The molecule has 1 aliphatic carbocycles. The molecular formula is C65H87IN10O18S2. The van der Waals surface area contributed by atoms with Crippen LogP contribution in [0.4, 0.5) is 0 Å². The van der Waals surface area contributed by atoms with Crippen molar-refractivity contribution in [3.63, 3.8) is 0 Å². The summed E-state index contributed by atoms with van der Waals surface area (Å²) in [5.41, 5.74) is 2.05. The summed E-state index contributed by atoms with van der Waals surface area (Å²) < 4.78 is 5.75. The molecule has 0 spiro atoms. The van der Waals surface area contributed by atoms with Gasteiger partial charge in [-0.2, -0.15) is 0 Å². The smallest absolute Gasteiger partial charge is 0.245 e. The molecule has 7 amide bonds. The van der Waals surface area contributed by atoms with E-state index in [0.717, 1.165) is 21.6 Å². The SMILES string of the molecule is CC(=NCCCC[C@@H]1NC(=O)[C@@H](Cc2c[nH]c3ccccc23)NC(=O)[C@H](Cc2ccc(O)c(I)c2)NC(=O)[C@@H](NC(=O)[C@@H](Cc2ccccc2)NC[C@@]2(O)OC[C@@H](O)[C@@H](O)[C@@H]2O)CSSC[C@@H](C(=O)N[C@@H](CO)[C@@H](C)O)NC(=O)[C@H]([C@@H](C)O)NC1=O)C1C(=O)CC(C)(C)CC1=O. The number of rotatable bonds is 22. The summed E-state index contributed by atoms with van der Waals surface area (Å²) in [7, 11) is 1.81. The number of halogens is 1. The fourth-order valence-corrected chi connectivity index (χ4v) is 14.3. The number of Topliss-reactive ketones (excluding diaryl/α,β-unsaturated/α-hetero) is 2. The van der Waals surface area contributed by atoms with Crippen molar-refractivity contribution < 1.29 is 88.7 Å². The Hall–Kier alpha value is -6.63. The number of carbonyl (C=O) groups is 9. The van der Waals surface area contributed by atoms with E-state index in [4.69, 9.17) is 4.74 Å². The van der Waals surface area contributed by atoms with Gasteiger partial charge in [0.25, 0.3) is 0 Å². The van der Waals surface area contributed by atoms with Crippen LogP contribution in [0.3, 0.4) is 0 Å². The van der Waals surface area contributed by atoms with Crippen molar-refractivity contribution in [2.75, 3.05) is 37.8 Å². The number of para-hydroxylation sites is 1. The molecule has 28 nitrogen and oxygen atoms in total. The van der Waals surface area contributed by atoms with Crippen LogP contribution in [-0.2, 0) is 67.2 Å². The van der Waals surface area contributed by atoms with Gasteiger partial charge in [0.05, 0.1) is 47.6 Å². The number of aliphatic hydroxyl groups is 7. The number of hydrogen-bond acceptors (Lipinski definition) is 22. The maximum absolute atomic E-state index is 15.3. The van der Waals surface area contributed by atoms with Gasteiger partial charge in [0, 0.05) is 66.5 Å². The number of amides is 7. The third kappa shape index (κ3) is 21.2. The number of carbonyl (C=O) groups excluding carboxylic acids is 9. The second-order valence-electron chi connectivity index (χ2n) is 25.4. The van der Waals surface area contributed by atoms with E-state index in [-0.39, 0.29) is 86.7 Å². The number of ketones is 2. The van der Waals surface area contributed by atoms with Gasteiger partial charge in [0.1, 0.15) is 77.8 Å². The van der Waals surface area contributed by atoms with Crippen LogP contribution in [0.15, 0.2) is 84.0 Å². The second-order valence-corrected chi connectivity index (χ2v) is 29.1. The Morgan fingerprint density at radius 2 is 1.42 bits per heavy atom. The standard InChI is InChI=1S/C65H87IN10O18S2/c1-33(53-50(81)25-64(4,5)26-51(53)82)67-20-12-11-17-42-57(86)76-54(35(3)79)63(92)75-48(62(91)73-46(28-77)34(2)78)31-96-95-30-47(74-58(87)43(22-36-13-7-6-8-14-36)69-32-65(93)56(85)55(84)52(83)29-94-65)61(90)71-44(23-37-18-19-49(80)40(66)21-37)59(88)72-45(60(89)70-42)24-38-27-68-41-16-10-9-15-39(38)41/h6-10,13-16,18-19,21,27,34-35,42-48,52-56,68-69,77-80,83-85,93H,11-12,17,20,22-26,28-32H2,1-5H3,(H,70,89)(H,71,90)(H,72,88)(H,73,91)(H,74,87)(H,75,92)(H,76,86)/t34-,35-,42+,43-,44+,45-,46+,47+,48+,52-,54+,55-,56+,65-/m1/s1. The van der Waals surface area contributed by atoms with E-state index in [9.17, 15) is 69.6 Å². The van der Waals surface area contributed by atoms with Gasteiger partial charge in [0.2, 0.25) is 47.1 Å². The summed E-state index contributed by atoms with van der Waals surface area (Å²) in [6.45, 7) is 5.87. The number of aromatic hydroxyl groups is 1. The van der Waals surface area contributed by atoms with E-state index in [0.29, 0.717) is 36.9 Å². The molecule has 7 rings (SSSR count). The minimum absolute atomic E-state index is 0.0887. The maximum atomic E-state index is 15.3. The number of fused-ring (bicyclic) bond motifs is 1. The molecule has 3 aliphatic rings. The van der Waals surface area contributed by atoms with Gasteiger partial charge >= 0.3 is 0 Å². The van der Waals surface area contributed by atoms with E-state index >= 15 is 14.4 Å². The Labute approximate surface area is 576 Å². The maximum Gasteiger partial charge on any atom is 0.245 e. The predicted octanol–water partition coefficient (Wildman–Crippen LogP) is -0.986. The van der Waals surface area contributed by atoms with Crippen molar-refractivity contribution in [2.24, 2.45) is 16.3 Å². The van der Waals surface area contributed by atoms with Crippen molar-refractivity contribution in [3.8, 4) is 5.75 Å². The lowest BCUT2D eigenvalue weighted by Gasteiger charge is -2.42. The van der Waals surface area contributed by atoms with Gasteiger partial charge in [-0.25, -0.2) is 0 Å². The second kappa shape index (κ2) is 35.2. The molecule has 96 heavy (non-hydrogen) atoms. The lowest BCUT2D eigenvalue weighted by molar-refractivity contribution is -0.318. The summed E-state index contributed by atoms with van der Waals surface area (Å²) >= 11 is 1.89. The van der Waals surface area contributed by atoms with Gasteiger partial charge < -0.3 is 93.1 Å². The number of H-pyrrole nitrogens is 1. The number of phenols is 1. The zero-order valence-corrected chi connectivity index (χ0v) is 57.6. The third-order valence-corrected chi connectivity index (χ3v) is 20.2. The van der Waals surface area contributed by atoms with Crippen LogP contribution < -0.4 is 42.5 Å². The summed E-state index contributed by atoms with van der Waals surface area (Å²) in [6, 6.07) is 7.84. The van der Waals surface area contributed by atoms with Crippen LogP contribution in [0.25, 0.3) is 10.9 Å². The molecule has 1 saturated carbocycles. The minimum atomic E-state index is -2.53. The summed E-state index contributed by atoms with van der Waals surface area (Å²) in [5, 5.41) is 107. The molecule has 3 aromatic carbocycles. The average molecular weight is 1490 g/mol. The number of nitrogens with zero attached hydrogens (tertiary/aromatic N) is 1. The van der Waals surface area contributed by atoms with Crippen LogP contribution >= 0.6 is 44.2 Å². The summed E-state index contributed by atoms with van der Waals surface area (Å²) in [6.07, 6.45) is -6.76. The number of aromatic nitrogens is 1. The lowest BCUT2D eigenvalue weighted by atomic mass is 9.70. The van der Waals surface area contributed by atoms with E-state index in [1.807, 2.05) is 36.4 Å². The van der Waals surface area contributed by atoms with Crippen molar-refractivity contribution in [3.05, 3.63) is 99.3 Å². The molecule has 2 aliphatic heterocycles. The van der Waals surface area contributed by atoms with E-state index in [2.05, 4.69) is 52.5 Å². The molecule has 0 bridgehead atoms. The number of aliphatic hydroxyl groups excluding tert-OH is 6. The van der Waals surface area contributed by atoms with Gasteiger partial charge in [-0.15, -0.1) is 0 Å². The largest absolute Gasteiger partial charge is 0.507 e. The molecule has 3 heterocycles. The van der Waals surface area contributed by atoms with Gasteiger partial charge in [-0.05, 0) is 109 Å². The monoisotopic (exact) mass is 1490 g/mol. The lowest BCUT2D eigenvalue weighted by Crippen LogP contribution is -2.66. The quantitative estimate of drug-likeness (QED) is 0.0148. The Morgan fingerprint density at radius 1 is 0.781 bits per heavy atom. The van der Waals surface area contributed by atoms with E-state index in [1.165, 1.54) is 26.0 Å². The van der Waals surface area contributed by atoms with Crippen LogP contribution in [0.2, 0.25) is 0 Å². The van der Waals surface area contributed by atoms with Crippen LogP contribution in [-0.4, -0.2) is 227 Å². The highest BCUT2D eigenvalue weighted by molar-refractivity contribution is 14.1. The highest BCUT2D eigenvalue weighted by atomic mass is 127. The Bertz CT molecular complexity index is 3420. The first-order valence-electron chi connectivity index (χ1n) is 31.6. The molecule has 0 radical (unpaired) electrons. The first kappa shape index (κ1) is 76.7. The first-order chi connectivity index (χ1) is 45.5. The van der Waals surface area contributed by atoms with Crippen molar-refractivity contribution in [1.82, 2.24) is 47.5 Å². The highest BCUT2D eigenvalue weighted by Crippen LogP contribution is 2.35. The number of benzene rings is 3. The summed E-state index contributed by atoms with van der Waals surface area (Å²) in [5.74, 6) is -11.5. The number of ether oxygens (including phenoxy) is 1. The Morgan fingerprint density at radius 3 is 2.08 bits per heavy atom. The van der Waals surface area contributed by atoms with Crippen LogP contribution in [0, 0.1) is 14.9 Å². The zero-order chi connectivity index (χ0) is 70.2. The first-order valence-corrected chi connectivity index (χ1v) is 35.1. The molecule has 0 unspecified atom stereocenters. The minimum Gasteiger partial charge on any atom is -0.507 e. The molecule has 14 atom stereocenters. The third-order valence-electron chi connectivity index (χ3n) is 17.0. The molecule has 17 N–H and O–H groups in total. The highest BCUT2D eigenvalue weighted by Gasteiger charge is 2.49. The number of hydrogen-bond donors (Lipinski definition) is 17. The van der Waals surface area contributed by atoms with Crippen molar-refractivity contribution >= 4 is 114 Å². The molecule has 1 aromatic heterocycles. The average Bonchev–Trinajstić information content (AvgIpc) is 0.883. The normalized spacial score (nSPS) is 26.8. The van der Waals surface area contributed by atoms with E-state index < -0.39 is 157 Å². The Kier molecular flexibility index (Phi) is 28.2. The number of aromatic amines is 1. The van der Waals surface area contributed by atoms with Gasteiger partial charge in [0.15, 0.2) is 0 Å². The number of nitrogens with one attached hydrogen (secondary N) is 9. The molecule has 3 fully saturated rings. The fourth-order valence-electron chi connectivity index (χ4n) is 11.4. The zero-order valence-electron chi connectivity index (χ0n) is 53.8.